The maximum atomic E-state index is 14.7. The zero-order valence-corrected chi connectivity index (χ0v) is 28.2. The molecule has 0 aliphatic carbocycles. The van der Waals surface area contributed by atoms with Crippen molar-refractivity contribution in [3.63, 3.8) is 0 Å². The quantitative estimate of drug-likeness (QED) is 0.169. The van der Waals surface area contributed by atoms with E-state index in [0.717, 1.165) is 10.6 Å². The predicted molar refractivity (Wildman–Crippen MR) is 166 cm³/mol. The number of rotatable bonds is 10. The van der Waals surface area contributed by atoms with E-state index in [1.807, 2.05) is 40.8 Å². The van der Waals surface area contributed by atoms with Gasteiger partial charge in [-0.1, -0.05) is 26.8 Å². The van der Waals surface area contributed by atoms with E-state index in [2.05, 4.69) is 9.97 Å². The molecular weight excluding hydrogens is 592 g/mol. The Bertz CT molecular complexity index is 1390. The average molecular weight is 637 g/mol. The van der Waals surface area contributed by atoms with Gasteiger partial charge in [0.1, 0.15) is 22.9 Å². The van der Waals surface area contributed by atoms with E-state index in [9.17, 15) is 13.2 Å². The molecule has 1 aliphatic heterocycles. The number of aromatic nitrogens is 2. The Labute approximate surface area is 255 Å². The Kier molecular flexibility index (Phi) is 10.5. The fourth-order valence-electron chi connectivity index (χ4n) is 4.31. The van der Waals surface area contributed by atoms with Crippen molar-refractivity contribution in [2.24, 2.45) is 11.7 Å². The molecule has 3 N–H and O–H groups in total. The van der Waals surface area contributed by atoms with Crippen LogP contribution in [0, 0.1) is 18.3 Å². The monoisotopic (exact) mass is 636 g/mol. The molecule has 43 heavy (non-hydrogen) atoms. The minimum absolute atomic E-state index is 0.0242. The van der Waals surface area contributed by atoms with Gasteiger partial charge in [0.15, 0.2) is 19.8 Å². The van der Waals surface area contributed by atoms with Crippen LogP contribution in [-0.2, 0) is 24.0 Å². The van der Waals surface area contributed by atoms with Gasteiger partial charge in [-0.05, 0) is 56.1 Å². The number of para-hydroxylation sites is 1. The number of amides is 1. The van der Waals surface area contributed by atoms with Gasteiger partial charge in [0.25, 0.3) is 15.9 Å². The lowest BCUT2D eigenvalue weighted by Gasteiger charge is -2.42. The third kappa shape index (κ3) is 7.11. The second-order valence-electron chi connectivity index (χ2n) is 12.0. The van der Waals surface area contributed by atoms with E-state index in [0.29, 0.717) is 17.4 Å². The molecule has 1 aromatic carbocycles. The van der Waals surface area contributed by atoms with Crippen molar-refractivity contribution < 1.29 is 31.8 Å². The van der Waals surface area contributed by atoms with Gasteiger partial charge in [0.2, 0.25) is 5.96 Å². The molecule has 3 atom stereocenters. The van der Waals surface area contributed by atoms with Crippen LogP contribution in [0.4, 0.5) is 5.69 Å². The molecule has 13 nitrogen and oxygen atoms in total. The highest BCUT2D eigenvalue weighted by molar-refractivity contribution is 7.90. The topological polar surface area (TPSA) is 170 Å². The summed E-state index contributed by atoms with van der Waals surface area (Å²) in [4.78, 5) is 23.0. The van der Waals surface area contributed by atoms with Gasteiger partial charge >= 0.3 is 0 Å². The Balaban J connectivity index is 2.26. The number of hydrogen-bond donors (Lipinski definition) is 2. The number of nitrogens with two attached hydrogens (primary N) is 1. The lowest BCUT2D eigenvalue weighted by atomic mass is 10.1. The van der Waals surface area contributed by atoms with Crippen LogP contribution in [0.5, 0.6) is 11.5 Å². The summed E-state index contributed by atoms with van der Waals surface area (Å²) in [5, 5.41) is 7.68. The van der Waals surface area contributed by atoms with E-state index < -0.39 is 47.5 Å². The Morgan fingerprint density at radius 2 is 1.72 bits per heavy atom. The highest BCUT2D eigenvalue weighted by Crippen LogP contribution is 2.43. The molecule has 1 saturated heterocycles. The first-order valence-corrected chi connectivity index (χ1v) is 18.4. The van der Waals surface area contributed by atoms with Crippen molar-refractivity contribution in [1.29, 1.82) is 5.41 Å². The first-order valence-electron chi connectivity index (χ1n) is 13.9. The number of carbonyl (C=O) groups excluding carboxylic acids is 1. The standard InChI is InChI=1S/C28H44N6O7SSi/c1-18-15-31-25(32-16-18)24(41-43(8,9)28(3,4)5)19(2)42(36,37)34(27(29)30)33(26(35)20-13-14-40-17-20)23-21(38-6)11-10-12-22(23)39-7/h10-12,15-16,19-20,24H,13-14,17H2,1-9H3,(H3,29,30)/t19-,20-,24-/m0/s1. The molecule has 1 aromatic heterocycles. The number of nitrogens with one attached hydrogen (secondary N) is 1. The van der Waals surface area contributed by atoms with Gasteiger partial charge in [0, 0.05) is 19.0 Å². The van der Waals surface area contributed by atoms with Crippen molar-refractivity contribution in [2.45, 2.75) is 70.5 Å². The molecule has 0 saturated carbocycles. The van der Waals surface area contributed by atoms with Crippen molar-refractivity contribution in [3.05, 3.63) is 42.0 Å². The second-order valence-corrected chi connectivity index (χ2v) is 18.9. The van der Waals surface area contributed by atoms with Gasteiger partial charge in [-0.3, -0.25) is 10.2 Å². The number of aryl methyl sites for hydroxylation is 1. The summed E-state index contributed by atoms with van der Waals surface area (Å²) in [5.74, 6) is -1.84. The molecular formula is C28H44N6O7SSi. The smallest absolute Gasteiger partial charge is 0.261 e. The minimum Gasteiger partial charge on any atom is -0.494 e. The van der Waals surface area contributed by atoms with E-state index in [-0.39, 0.29) is 34.7 Å². The lowest BCUT2D eigenvalue weighted by Crippen LogP contribution is -2.60. The molecule has 238 valence electrons. The number of anilines is 1. The fourth-order valence-corrected chi connectivity index (χ4v) is 7.17. The van der Waals surface area contributed by atoms with Gasteiger partial charge in [-0.15, -0.1) is 4.41 Å². The van der Waals surface area contributed by atoms with Gasteiger partial charge in [0.05, 0.1) is 26.7 Å². The molecule has 0 radical (unpaired) electrons. The molecule has 15 heteroatoms. The van der Waals surface area contributed by atoms with E-state index in [4.69, 9.17) is 29.8 Å². The van der Waals surface area contributed by atoms with Crippen LogP contribution in [0.25, 0.3) is 0 Å². The van der Waals surface area contributed by atoms with E-state index >= 15 is 0 Å². The van der Waals surface area contributed by atoms with Crippen molar-refractivity contribution in [3.8, 4) is 11.5 Å². The van der Waals surface area contributed by atoms with E-state index in [1.165, 1.54) is 21.1 Å². The fraction of sp³-hybridized carbons (Fsp3) is 0.571. The molecule has 1 amide bonds. The van der Waals surface area contributed by atoms with Crippen LogP contribution >= 0.6 is 0 Å². The summed E-state index contributed by atoms with van der Waals surface area (Å²) < 4.78 is 53.1. The Morgan fingerprint density at radius 3 is 2.16 bits per heavy atom. The van der Waals surface area contributed by atoms with Gasteiger partial charge in [-0.25, -0.2) is 18.4 Å². The summed E-state index contributed by atoms with van der Waals surface area (Å²) in [6.45, 7) is 13.7. The zero-order valence-electron chi connectivity index (χ0n) is 26.4. The lowest BCUT2D eigenvalue weighted by molar-refractivity contribution is -0.123. The highest BCUT2D eigenvalue weighted by Gasteiger charge is 2.49. The number of nitrogens with zero attached hydrogens (tertiary/aromatic N) is 4. The number of hydrogen-bond acceptors (Lipinski definition) is 10. The van der Waals surface area contributed by atoms with Crippen LogP contribution < -0.4 is 20.2 Å². The second kappa shape index (κ2) is 13.2. The van der Waals surface area contributed by atoms with Crippen LogP contribution in [0.15, 0.2) is 30.6 Å². The molecule has 0 unspecified atom stereocenters. The SMILES string of the molecule is COc1cccc(OC)c1N(C(=O)[C@H]1CCOC1)N(C(=N)N)S(=O)(=O)[C@@H](C)[C@H](O[Si](C)(C)C(C)(C)C)c1ncc(C)cn1. The normalized spacial score (nSPS) is 17.2. The first kappa shape index (κ1) is 34.2. The molecule has 3 rings (SSSR count). The Morgan fingerprint density at radius 1 is 1.16 bits per heavy atom. The molecule has 0 spiro atoms. The summed E-state index contributed by atoms with van der Waals surface area (Å²) in [7, 11) is -4.55. The maximum absolute atomic E-state index is 14.7. The Hall–Kier alpha value is -3.27. The predicted octanol–water partition coefficient (Wildman–Crippen LogP) is 3.76. The summed E-state index contributed by atoms with van der Waals surface area (Å²) in [6.07, 6.45) is 2.37. The first-order chi connectivity index (χ1) is 20.0. The van der Waals surface area contributed by atoms with Crippen LogP contribution in [0.2, 0.25) is 18.1 Å². The van der Waals surface area contributed by atoms with Gasteiger partial charge < -0.3 is 24.4 Å². The van der Waals surface area contributed by atoms with Gasteiger partial charge in [-0.2, -0.15) is 5.01 Å². The minimum atomic E-state index is -4.69. The number of ether oxygens (including phenoxy) is 3. The largest absolute Gasteiger partial charge is 0.494 e. The number of sulfonamides is 1. The van der Waals surface area contributed by atoms with Crippen molar-refractivity contribution >= 4 is 35.9 Å². The molecule has 2 aromatic rings. The number of benzene rings is 1. The third-order valence-corrected chi connectivity index (χ3v) is 14.4. The number of carbonyl (C=O) groups is 1. The van der Waals surface area contributed by atoms with Crippen molar-refractivity contribution in [2.75, 3.05) is 32.4 Å². The van der Waals surface area contributed by atoms with E-state index in [1.54, 1.807) is 30.6 Å². The number of methoxy groups -OCH3 is 2. The highest BCUT2D eigenvalue weighted by atomic mass is 32.2. The number of guanidine groups is 1. The number of hydrazine groups is 1. The van der Waals surface area contributed by atoms with Crippen LogP contribution in [-0.4, -0.2) is 75.7 Å². The van der Waals surface area contributed by atoms with Crippen LogP contribution in [0.3, 0.4) is 0 Å². The molecule has 0 bridgehead atoms. The molecule has 2 heterocycles. The summed E-state index contributed by atoms with van der Waals surface area (Å²) in [6, 6.07) is 4.75. The molecule has 1 aliphatic rings. The van der Waals surface area contributed by atoms with Crippen LogP contribution in [0.1, 0.15) is 51.6 Å². The maximum Gasteiger partial charge on any atom is 0.261 e. The van der Waals surface area contributed by atoms with Crippen molar-refractivity contribution in [1.82, 2.24) is 14.4 Å². The average Bonchev–Trinajstić information content (AvgIpc) is 3.48. The third-order valence-electron chi connectivity index (χ3n) is 7.91. The molecule has 1 fully saturated rings. The summed E-state index contributed by atoms with van der Waals surface area (Å²) in [5.41, 5.74) is 6.80. The zero-order chi connectivity index (χ0) is 32.3. The summed E-state index contributed by atoms with van der Waals surface area (Å²) >= 11 is 0.